The lowest BCUT2D eigenvalue weighted by Crippen LogP contribution is -2.34. The van der Waals surface area contributed by atoms with Gasteiger partial charge in [0.25, 0.3) is 5.91 Å². The molecule has 2 heterocycles. The Morgan fingerprint density at radius 3 is 2.50 bits per heavy atom. The van der Waals surface area contributed by atoms with Gasteiger partial charge in [-0.3, -0.25) is 4.79 Å². The Labute approximate surface area is 168 Å². The van der Waals surface area contributed by atoms with Crippen molar-refractivity contribution >= 4 is 23.5 Å². The Bertz CT molecular complexity index is 804. The van der Waals surface area contributed by atoms with Crippen LogP contribution in [-0.2, 0) is 14.3 Å². The van der Waals surface area contributed by atoms with Crippen LogP contribution in [0.25, 0.3) is 0 Å². The normalized spacial score (nSPS) is 15.5. The third-order valence-corrected chi connectivity index (χ3v) is 4.62. The first kappa shape index (κ1) is 20.1. The van der Waals surface area contributed by atoms with Crippen LogP contribution in [0.5, 0.6) is 5.88 Å². The van der Waals surface area contributed by atoms with Gasteiger partial charge in [0.2, 0.25) is 5.88 Å². The number of rotatable bonds is 6. The van der Waals surface area contributed by atoms with Crippen molar-refractivity contribution in [1.82, 2.24) is 10.3 Å². The van der Waals surface area contributed by atoms with Crippen molar-refractivity contribution in [3.05, 3.63) is 58.7 Å². The van der Waals surface area contributed by atoms with Gasteiger partial charge in [0, 0.05) is 30.1 Å². The monoisotopic (exact) mass is 404 g/mol. The number of ether oxygens (including phenoxy) is 3. The van der Waals surface area contributed by atoms with Gasteiger partial charge < -0.3 is 19.5 Å². The number of pyridine rings is 1. The van der Waals surface area contributed by atoms with Gasteiger partial charge in [-0.1, -0.05) is 23.7 Å². The predicted octanol–water partition coefficient (Wildman–Crippen LogP) is 2.94. The van der Waals surface area contributed by atoms with Crippen molar-refractivity contribution in [3.63, 3.8) is 0 Å². The molecule has 1 unspecified atom stereocenters. The summed E-state index contributed by atoms with van der Waals surface area (Å²) in [5.74, 6) is -0.579. The Morgan fingerprint density at radius 2 is 1.89 bits per heavy atom. The lowest BCUT2D eigenvalue weighted by Gasteiger charge is -2.22. The first-order valence-corrected chi connectivity index (χ1v) is 9.29. The number of benzene rings is 1. The summed E-state index contributed by atoms with van der Waals surface area (Å²) in [7, 11) is 1.27. The zero-order chi connectivity index (χ0) is 19.9. The van der Waals surface area contributed by atoms with E-state index in [1.54, 1.807) is 36.4 Å². The van der Waals surface area contributed by atoms with Crippen LogP contribution in [0.2, 0.25) is 5.02 Å². The van der Waals surface area contributed by atoms with E-state index >= 15 is 0 Å². The first-order valence-electron chi connectivity index (χ1n) is 8.91. The number of esters is 1. The number of nitrogens with zero attached hydrogens (tertiary/aromatic N) is 1. The van der Waals surface area contributed by atoms with E-state index < -0.39 is 17.9 Å². The van der Waals surface area contributed by atoms with Crippen molar-refractivity contribution in [2.24, 2.45) is 0 Å². The fourth-order valence-electron chi connectivity index (χ4n) is 2.81. The minimum atomic E-state index is -0.951. The van der Waals surface area contributed by atoms with Gasteiger partial charge in [0.15, 0.2) is 6.04 Å². The Balaban J connectivity index is 1.67. The summed E-state index contributed by atoms with van der Waals surface area (Å²) in [5.41, 5.74) is 0.874. The van der Waals surface area contributed by atoms with Crippen LogP contribution < -0.4 is 10.1 Å². The smallest absolute Gasteiger partial charge is 0.333 e. The lowest BCUT2D eigenvalue weighted by atomic mass is 10.1. The number of aromatic nitrogens is 1. The summed E-state index contributed by atoms with van der Waals surface area (Å²) in [5, 5.41) is 3.20. The van der Waals surface area contributed by atoms with Crippen LogP contribution in [0, 0.1) is 0 Å². The first-order chi connectivity index (χ1) is 13.6. The number of amides is 1. The Morgan fingerprint density at radius 1 is 1.18 bits per heavy atom. The second kappa shape index (κ2) is 9.52. The second-order valence-corrected chi connectivity index (χ2v) is 6.73. The van der Waals surface area contributed by atoms with Crippen molar-refractivity contribution in [2.45, 2.75) is 25.0 Å². The number of halogens is 1. The van der Waals surface area contributed by atoms with Gasteiger partial charge in [-0.2, -0.15) is 0 Å². The van der Waals surface area contributed by atoms with Crippen LogP contribution in [0.3, 0.4) is 0 Å². The van der Waals surface area contributed by atoms with Crippen LogP contribution >= 0.6 is 11.6 Å². The molecule has 0 bridgehead atoms. The number of hydrogen-bond acceptors (Lipinski definition) is 6. The fourth-order valence-corrected chi connectivity index (χ4v) is 2.94. The maximum absolute atomic E-state index is 12.6. The average Bonchev–Trinajstić information content (AvgIpc) is 2.73. The van der Waals surface area contributed by atoms with Gasteiger partial charge >= 0.3 is 5.97 Å². The second-order valence-electron chi connectivity index (χ2n) is 6.30. The number of carbonyl (C=O) groups is 2. The number of hydrogen-bond donors (Lipinski definition) is 1. The Kier molecular flexibility index (Phi) is 6.84. The molecule has 1 aromatic heterocycles. The molecule has 0 radical (unpaired) electrons. The van der Waals surface area contributed by atoms with E-state index in [1.807, 2.05) is 0 Å². The highest BCUT2D eigenvalue weighted by Crippen LogP contribution is 2.19. The van der Waals surface area contributed by atoms with Crippen molar-refractivity contribution in [1.29, 1.82) is 0 Å². The number of nitrogens with one attached hydrogen (secondary N) is 1. The van der Waals surface area contributed by atoms with Crippen LogP contribution in [0.4, 0.5) is 0 Å². The zero-order valence-corrected chi connectivity index (χ0v) is 16.1. The molecule has 148 valence electrons. The van der Waals surface area contributed by atoms with E-state index in [9.17, 15) is 9.59 Å². The molecule has 3 rings (SSSR count). The number of carbonyl (C=O) groups excluding carboxylic acids is 2. The quantitative estimate of drug-likeness (QED) is 0.745. The van der Waals surface area contributed by atoms with Crippen LogP contribution in [0.15, 0.2) is 42.6 Å². The molecule has 1 aliphatic rings. The average molecular weight is 405 g/mol. The summed E-state index contributed by atoms with van der Waals surface area (Å²) < 4.78 is 15.9. The maximum Gasteiger partial charge on any atom is 0.333 e. The van der Waals surface area contributed by atoms with Gasteiger partial charge in [0.1, 0.15) is 6.10 Å². The fraction of sp³-hybridized carbons (Fsp3) is 0.350. The molecule has 2 aromatic rings. The zero-order valence-electron chi connectivity index (χ0n) is 15.4. The number of methoxy groups -OCH3 is 1. The van der Waals surface area contributed by atoms with Crippen molar-refractivity contribution in [2.75, 3.05) is 20.3 Å². The molecule has 1 atom stereocenters. The highest BCUT2D eigenvalue weighted by molar-refractivity contribution is 6.30. The Hall–Kier alpha value is -2.64. The van der Waals surface area contributed by atoms with E-state index in [-0.39, 0.29) is 6.10 Å². The van der Waals surface area contributed by atoms with Crippen molar-refractivity contribution in [3.8, 4) is 5.88 Å². The van der Waals surface area contributed by atoms with Crippen LogP contribution in [0.1, 0.15) is 34.8 Å². The van der Waals surface area contributed by atoms with Gasteiger partial charge in [-0.15, -0.1) is 0 Å². The van der Waals surface area contributed by atoms with Crippen LogP contribution in [-0.4, -0.2) is 43.3 Å². The van der Waals surface area contributed by atoms with E-state index in [0.717, 1.165) is 12.8 Å². The SMILES string of the molecule is COC(=O)C(NC(=O)c1ccc(OC2CCOCC2)nc1)c1ccc(Cl)cc1. The molecule has 1 N–H and O–H groups in total. The lowest BCUT2D eigenvalue weighted by molar-refractivity contribution is -0.143. The van der Waals surface area contributed by atoms with E-state index in [2.05, 4.69) is 10.3 Å². The largest absolute Gasteiger partial charge is 0.474 e. The van der Waals surface area contributed by atoms with Gasteiger partial charge in [-0.25, -0.2) is 9.78 Å². The molecular weight excluding hydrogens is 384 g/mol. The molecule has 1 saturated heterocycles. The molecule has 0 spiro atoms. The molecule has 1 aliphatic heterocycles. The standard InChI is InChI=1S/C20H21ClN2O5/c1-26-20(25)18(13-2-5-15(21)6-3-13)23-19(24)14-4-7-17(22-12-14)28-16-8-10-27-11-9-16/h2-7,12,16,18H,8-11H2,1H3,(H,23,24). The summed E-state index contributed by atoms with van der Waals surface area (Å²) in [6.07, 6.45) is 3.10. The highest BCUT2D eigenvalue weighted by atomic mass is 35.5. The van der Waals surface area contributed by atoms with Gasteiger partial charge in [-0.05, 0) is 23.8 Å². The molecule has 8 heteroatoms. The molecule has 28 heavy (non-hydrogen) atoms. The molecule has 1 fully saturated rings. The third kappa shape index (κ3) is 5.21. The molecular formula is C20H21ClN2O5. The predicted molar refractivity (Wildman–Crippen MR) is 102 cm³/mol. The van der Waals surface area contributed by atoms with E-state index in [4.69, 9.17) is 25.8 Å². The van der Waals surface area contributed by atoms with Crippen molar-refractivity contribution < 1.29 is 23.8 Å². The molecule has 1 amide bonds. The third-order valence-electron chi connectivity index (χ3n) is 4.37. The summed E-state index contributed by atoms with van der Waals surface area (Å²) in [4.78, 5) is 28.9. The molecule has 0 aliphatic carbocycles. The molecule has 1 aromatic carbocycles. The van der Waals surface area contributed by atoms with E-state index in [1.165, 1.54) is 13.3 Å². The summed E-state index contributed by atoms with van der Waals surface area (Å²) in [6, 6.07) is 8.90. The highest BCUT2D eigenvalue weighted by Gasteiger charge is 2.24. The minimum Gasteiger partial charge on any atom is -0.474 e. The van der Waals surface area contributed by atoms with E-state index in [0.29, 0.717) is 35.2 Å². The molecule has 0 saturated carbocycles. The summed E-state index contributed by atoms with van der Waals surface area (Å²) in [6.45, 7) is 1.34. The topological polar surface area (TPSA) is 86.8 Å². The maximum atomic E-state index is 12.6. The molecule has 7 nitrogen and oxygen atoms in total. The minimum absolute atomic E-state index is 0.0644. The summed E-state index contributed by atoms with van der Waals surface area (Å²) >= 11 is 5.89. The van der Waals surface area contributed by atoms with Gasteiger partial charge in [0.05, 0.1) is 25.9 Å².